The monoisotopic (exact) mass is 276 g/mol. The summed E-state index contributed by atoms with van der Waals surface area (Å²) in [5.74, 6) is 0. The van der Waals surface area contributed by atoms with Crippen molar-refractivity contribution >= 4 is 10.0 Å². The highest BCUT2D eigenvalue weighted by molar-refractivity contribution is 7.89. The largest absolute Gasteiger partial charge is 0.240 e. The van der Waals surface area contributed by atoms with Crippen molar-refractivity contribution in [2.75, 3.05) is 6.54 Å². The third-order valence-corrected chi connectivity index (χ3v) is 4.61. The Kier molecular flexibility index (Phi) is 4.35. The van der Waals surface area contributed by atoms with Crippen LogP contribution in [0.15, 0.2) is 40.8 Å². The zero-order valence-corrected chi connectivity index (χ0v) is 11.4. The summed E-state index contributed by atoms with van der Waals surface area (Å²) in [5, 5.41) is 8.77. The van der Waals surface area contributed by atoms with Crippen molar-refractivity contribution in [1.82, 2.24) is 4.72 Å². The second-order valence-corrected chi connectivity index (χ2v) is 6.31. The summed E-state index contributed by atoms with van der Waals surface area (Å²) in [6.07, 6.45) is 6.30. The van der Waals surface area contributed by atoms with Crippen LogP contribution in [0.25, 0.3) is 0 Å². The van der Waals surface area contributed by atoms with Crippen molar-refractivity contribution in [2.45, 2.75) is 30.6 Å². The molecule has 1 aromatic carbocycles. The number of hydrogen-bond acceptors (Lipinski definition) is 3. The van der Waals surface area contributed by atoms with Gasteiger partial charge in [-0.25, -0.2) is 13.1 Å². The third kappa shape index (κ3) is 3.66. The van der Waals surface area contributed by atoms with Gasteiger partial charge in [0, 0.05) is 6.54 Å². The molecule has 1 N–H and O–H groups in total. The first-order valence-corrected chi connectivity index (χ1v) is 7.78. The quantitative estimate of drug-likeness (QED) is 0.839. The minimum atomic E-state index is -3.51. The molecule has 100 valence electrons. The summed E-state index contributed by atoms with van der Waals surface area (Å²) in [6.45, 7) is 0.408. The molecular formula is C14H16N2O2S. The molecule has 0 bridgehead atoms. The average molecular weight is 276 g/mol. The van der Waals surface area contributed by atoms with E-state index in [1.54, 1.807) is 12.1 Å². The number of nitrogens with zero attached hydrogens (tertiary/aromatic N) is 1. The molecule has 19 heavy (non-hydrogen) atoms. The van der Waals surface area contributed by atoms with Crippen molar-refractivity contribution in [2.24, 2.45) is 0 Å². The Balaban J connectivity index is 1.99. The predicted octanol–water partition coefficient (Wildman–Crippen LogP) is 2.34. The van der Waals surface area contributed by atoms with Crippen molar-refractivity contribution in [3.8, 4) is 6.07 Å². The molecular weight excluding hydrogens is 260 g/mol. The lowest BCUT2D eigenvalue weighted by molar-refractivity contribution is 0.581. The van der Waals surface area contributed by atoms with E-state index in [9.17, 15) is 8.42 Å². The van der Waals surface area contributed by atoms with E-state index in [0.717, 1.165) is 19.3 Å². The second kappa shape index (κ2) is 6.00. The van der Waals surface area contributed by atoms with Gasteiger partial charge in [0.1, 0.15) is 0 Å². The summed E-state index contributed by atoms with van der Waals surface area (Å²) in [5.41, 5.74) is 1.68. The summed E-state index contributed by atoms with van der Waals surface area (Å²) in [7, 11) is -3.51. The number of hydrogen-bond donors (Lipinski definition) is 1. The van der Waals surface area contributed by atoms with Gasteiger partial charge in [-0.3, -0.25) is 0 Å². The molecule has 0 radical (unpaired) electrons. The van der Waals surface area contributed by atoms with Gasteiger partial charge < -0.3 is 0 Å². The second-order valence-electron chi connectivity index (χ2n) is 4.54. The Morgan fingerprint density at radius 3 is 2.89 bits per heavy atom. The topological polar surface area (TPSA) is 70.0 Å². The molecule has 0 spiro atoms. The summed E-state index contributed by atoms with van der Waals surface area (Å²) < 4.78 is 26.6. The SMILES string of the molecule is N#Cc1cccc(S(=O)(=O)NCCC2=CCCC2)c1. The fourth-order valence-corrected chi connectivity index (χ4v) is 3.20. The Bertz CT molecular complexity index is 627. The molecule has 0 amide bonds. The maximum absolute atomic E-state index is 12.0. The maximum Gasteiger partial charge on any atom is 0.240 e. The van der Waals surface area contributed by atoms with Gasteiger partial charge in [-0.2, -0.15) is 5.26 Å². The zero-order chi connectivity index (χ0) is 13.7. The summed E-state index contributed by atoms with van der Waals surface area (Å²) in [4.78, 5) is 0.145. The first kappa shape index (κ1) is 13.8. The van der Waals surface area contributed by atoms with Gasteiger partial charge in [-0.15, -0.1) is 0 Å². The molecule has 0 aromatic heterocycles. The third-order valence-electron chi connectivity index (χ3n) is 3.15. The van der Waals surface area contributed by atoms with Crippen LogP contribution in [0.5, 0.6) is 0 Å². The molecule has 5 heteroatoms. The molecule has 1 aliphatic carbocycles. The highest BCUT2D eigenvalue weighted by Crippen LogP contribution is 2.20. The number of sulfonamides is 1. The molecule has 0 unspecified atom stereocenters. The fraction of sp³-hybridized carbons (Fsp3) is 0.357. The number of allylic oxidation sites excluding steroid dienone is 1. The van der Waals surface area contributed by atoms with Crippen molar-refractivity contribution in [3.63, 3.8) is 0 Å². The molecule has 1 aliphatic rings. The van der Waals surface area contributed by atoms with Gasteiger partial charge >= 0.3 is 0 Å². The van der Waals surface area contributed by atoms with E-state index in [1.165, 1.54) is 24.1 Å². The Morgan fingerprint density at radius 1 is 1.37 bits per heavy atom. The Morgan fingerprint density at radius 2 is 2.21 bits per heavy atom. The van der Waals surface area contributed by atoms with Gasteiger partial charge in [0.05, 0.1) is 16.5 Å². The van der Waals surface area contributed by atoms with Crippen molar-refractivity contribution in [3.05, 3.63) is 41.5 Å². The Labute approximate surface area is 113 Å². The van der Waals surface area contributed by atoms with Crippen LogP contribution >= 0.6 is 0 Å². The molecule has 4 nitrogen and oxygen atoms in total. The van der Waals surface area contributed by atoms with Crippen LogP contribution in [0.3, 0.4) is 0 Å². The standard InChI is InChI=1S/C14H16N2O2S/c15-11-13-6-3-7-14(10-13)19(17,18)16-9-8-12-4-1-2-5-12/h3-4,6-7,10,16H,1-2,5,8-9H2. The van der Waals surface area contributed by atoms with Gasteiger partial charge in [-0.05, 0) is 43.9 Å². The van der Waals surface area contributed by atoms with Crippen molar-refractivity contribution in [1.29, 1.82) is 5.26 Å². The molecule has 0 atom stereocenters. The highest BCUT2D eigenvalue weighted by atomic mass is 32.2. The average Bonchev–Trinajstić information content (AvgIpc) is 2.92. The lowest BCUT2D eigenvalue weighted by atomic mass is 10.2. The molecule has 0 aliphatic heterocycles. The minimum absolute atomic E-state index is 0.145. The normalized spacial score (nSPS) is 15.0. The van der Waals surface area contributed by atoms with Crippen LogP contribution < -0.4 is 4.72 Å². The summed E-state index contributed by atoms with van der Waals surface area (Å²) in [6, 6.07) is 7.98. The van der Waals surface area contributed by atoms with E-state index in [1.807, 2.05) is 6.07 Å². The number of rotatable bonds is 5. The molecule has 0 fully saturated rings. The summed E-state index contributed by atoms with van der Waals surface area (Å²) >= 11 is 0. The van der Waals surface area contributed by atoms with Gasteiger partial charge in [0.25, 0.3) is 0 Å². The molecule has 1 aromatic rings. The van der Waals surface area contributed by atoms with E-state index in [4.69, 9.17) is 5.26 Å². The highest BCUT2D eigenvalue weighted by Gasteiger charge is 2.14. The minimum Gasteiger partial charge on any atom is -0.211 e. The number of nitriles is 1. The Hall–Kier alpha value is -1.64. The van der Waals surface area contributed by atoms with Gasteiger partial charge in [0.2, 0.25) is 10.0 Å². The van der Waals surface area contributed by atoms with Crippen LogP contribution in [0.2, 0.25) is 0 Å². The smallest absolute Gasteiger partial charge is 0.211 e. The van der Waals surface area contributed by atoms with Crippen LogP contribution in [0.4, 0.5) is 0 Å². The van der Waals surface area contributed by atoms with Crippen LogP contribution in [-0.2, 0) is 10.0 Å². The lowest BCUT2D eigenvalue weighted by Gasteiger charge is -2.07. The number of nitrogens with one attached hydrogen (secondary N) is 1. The van der Waals surface area contributed by atoms with Crippen LogP contribution in [0.1, 0.15) is 31.2 Å². The van der Waals surface area contributed by atoms with E-state index >= 15 is 0 Å². The van der Waals surface area contributed by atoms with Crippen molar-refractivity contribution < 1.29 is 8.42 Å². The molecule has 2 rings (SSSR count). The van der Waals surface area contributed by atoms with Gasteiger partial charge in [0.15, 0.2) is 0 Å². The molecule has 0 saturated carbocycles. The molecule has 0 saturated heterocycles. The van der Waals surface area contributed by atoms with Gasteiger partial charge in [-0.1, -0.05) is 17.7 Å². The van der Waals surface area contributed by atoms with E-state index < -0.39 is 10.0 Å². The predicted molar refractivity (Wildman–Crippen MR) is 72.9 cm³/mol. The number of benzene rings is 1. The van der Waals surface area contributed by atoms with E-state index in [2.05, 4.69) is 10.8 Å². The molecule has 0 heterocycles. The lowest BCUT2D eigenvalue weighted by Crippen LogP contribution is -2.25. The zero-order valence-electron chi connectivity index (χ0n) is 10.6. The first-order chi connectivity index (χ1) is 9.12. The fourth-order valence-electron chi connectivity index (χ4n) is 2.13. The van der Waals surface area contributed by atoms with Crippen LogP contribution in [0, 0.1) is 11.3 Å². The van der Waals surface area contributed by atoms with E-state index in [-0.39, 0.29) is 4.90 Å². The first-order valence-electron chi connectivity index (χ1n) is 6.29. The van der Waals surface area contributed by atoms with E-state index in [0.29, 0.717) is 12.1 Å². The van der Waals surface area contributed by atoms with Crippen LogP contribution in [-0.4, -0.2) is 15.0 Å². The maximum atomic E-state index is 12.0.